The molecule has 2 bridgehead atoms. The van der Waals surface area contributed by atoms with Gasteiger partial charge in [0.25, 0.3) is 0 Å². The van der Waals surface area contributed by atoms with E-state index >= 15 is 0 Å². The van der Waals surface area contributed by atoms with Crippen LogP contribution in [-0.4, -0.2) is 33.2 Å². The van der Waals surface area contributed by atoms with E-state index in [2.05, 4.69) is 5.32 Å². The highest BCUT2D eigenvalue weighted by Crippen LogP contribution is 2.47. The van der Waals surface area contributed by atoms with Crippen molar-refractivity contribution in [3.05, 3.63) is 0 Å². The molecule has 0 aliphatic heterocycles. The van der Waals surface area contributed by atoms with Gasteiger partial charge in [0.2, 0.25) is 5.91 Å². The molecule has 3 N–H and O–H groups in total. The monoisotopic (exact) mass is 322 g/mol. The highest BCUT2D eigenvalue weighted by molar-refractivity contribution is 7.86. The van der Waals surface area contributed by atoms with Crippen LogP contribution in [0.15, 0.2) is 0 Å². The quantitative estimate of drug-likeness (QED) is 0.822. The normalized spacial score (nSPS) is 33.6. The van der Waals surface area contributed by atoms with Crippen molar-refractivity contribution < 1.29 is 9.00 Å². The molecule has 2 fully saturated rings. The minimum Gasteiger partial charge on any atom is -0.355 e. The maximum atomic E-state index is 12.2. The van der Waals surface area contributed by atoms with Crippen LogP contribution in [0.3, 0.4) is 0 Å². The van der Waals surface area contributed by atoms with Gasteiger partial charge in [0, 0.05) is 33.9 Å². The first-order chi connectivity index (χ1) is 8.80. The van der Waals surface area contributed by atoms with Gasteiger partial charge in [0.05, 0.1) is 5.92 Å². The van der Waals surface area contributed by atoms with Crippen molar-refractivity contribution >= 4 is 29.1 Å². The van der Waals surface area contributed by atoms with E-state index in [0.717, 1.165) is 12.8 Å². The average molecular weight is 323 g/mol. The molecule has 4 nitrogen and oxygen atoms in total. The summed E-state index contributed by atoms with van der Waals surface area (Å²) in [6.45, 7) is 6.35. The fourth-order valence-electron chi connectivity index (χ4n) is 3.42. The number of fused-ring (bicyclic) bond motifs is 2. The molecule has 0 heterocycles. The summed E-state index contributed by atoms with van der Waals surface area (Å²) in [4.78, 5) is 12.2. The van der Waals surface area contributed by atoms with Gasteiger partial charge in [-0.05, 0) is 51.9 Å². The third-order valence-corrected chi connectivity index (χ3v) is 6.49. The van der Waals surface area contributed by atoms with E-state index in [9.17, 15) is 9.00 Å². The van der Waals surface area contributed by atoms with Gasteiger partial charge in [-0.3, -0.25) is 9.00 Å². The van der Waals surface area contributed by atoms with Crippen molar-refractivity contribution in [3.63, 3.8) is 0 Å². The largest absolute Gasteiger partial charge is 0.355 e. The first-order valence-electron chi connectivity index (χ1n) is 7.22. The van der Waals surface area contributed by atoms with E-state index in [1.807, 2.05) is 20.8 Å². The van der Waals surface area contributed by atoms with Crippen molar-refractivity contribution in [1.29, 1.82) is 0 Å². The molecular formula is C14H27ClN2O2S. The summed E-state index contributed by atoms with van der Waals surface area (Å²) in [6.07, 6.45) is 3.45. The molecule has 0 spiro atoms. The minimum atomic E-state index is -0.912. The second kappa shape index (κ2) is 6.75. The summed E-state index contributed by atoms with van der Waals surface area (Å²) in [5.41, 5.74) is 6.15. The van der Waals surface area contributed by atoms with Gasteiger partial charge >= 0.3 is 0 Å². The highest BCUT2D eigenvalue weighted by atomic mass is 35.5. The van der Waals surface area contributed by atoms with Gasteiger partial charge in [-0.1, -0.05) is 0 Å². The number of carbonyl (C=O) groups is 1. The van der Waals surface area contributed by atoms with Gasteiger partial charge in [-0.25, -0.2) is 0 Å². The van der Waals surface area contributed by atoms with Gasteiger partial charge < -0.3 is 11.1 Å². The molecule has 20 heavy (non-hydrogen) atoms. The van der Waals surface area contributed by atoms with Crippen molar-refractivity contribution in [1.82, 2.24) is 5.32 Å². The van der Waals surface area contributed by atoms with Gasteiger partial charge in [-0.2, -0.15) is 0 Å². The van der Waals surface area contributed by atoms with E-state index in [1.165, 1.54) is 6.42 Å². The van der Waals surface area contributed by atoms with Crippen LogP contribution in [0.25, 0.3) is 0 Å². The molecule has 0 aromatic heterocycles. The Morgan fingerprint density at radius 1 is 1.30 bits per heavy atom. The number of amides is 1. The lowest BCUT2D eigenvalue weighted by Crippen LogP contribution is -2.46. The smallest absolute Gasteiger partial charge is 0.224 e. The Bertz CT molecular complexity index is 382. The van der Waals surface area contributed by atoms with E-state index in [0.29, 0.717) is 24.1 Å². The molecule has 2 aliphatic rings. The first kappa shape index (κ1) is 17.9. The van der Waals surface area contributed by atoms with Crippen LogP contribution in [0.1, 0.15) is 40.0 Å². The van der Waals surface area contributed by atoms with Crippen LogP contribution in [0.2, 0.25) is 0 Å². The van der Waals surface area contributed by atoms with Crippen LogP contribution in [0.4, 0.5) is 0 Å². The third kappa shape index (κ3) is 3.74. The fourth-order valence-corrected chi connectivity index (χ4v) is 4.32. The Hall–Kier alpha value is -0.130. The van der Waals surface area contributed by atoms with Crippen LogP contribution >= 0.6 is 12.4 Å². The SMILES string of the molecule is CC(C)(C)S(=O)CCNC(=O)C1C2CCC(C2)C1N.Cl. The fraction of sp³-hybridized carbons (Fsp3) is 0.929. The molecule has 6 heteroatoms. The zero-order valence-corrected chi connectivity index (χ0v) is 14.2. The summed E-state index contributed by atoms with van der Waals surface area (Å²) in [6, 6.07) is 0.0341. The molecule has 5 unspecified atom stereocenters. The number of nitrogens with two attached hydrogens (primary N) is 1. The standard InChI is InChI=1S/C14H26N2O2S.ClH/c1-14(2,3)19(18)7-6-16-13(17)11-9-4-5-10(8-9)12(11)15;/h9-12H,4-8,15H2,1-3H3,(H,16,17);1H. The predicted octanol–water partition coefficient (Wildman–Crippen LogP) is 1.44. The topological polar surface area (TPSA) is 72.2 Å². The molecule has 0 saturated heterocycles. The van der Waals surface area contributed by atoms with Gasteiger partial charge in [-0.15, -0.1) is 12.4 Å². The number of hydrogen-bond donors (Lipinski definition) is 2. The second-order valence-electron chi connectivity index (χ2n) is 6.89. The zero-order chi connectivity index (χ0) is 14.2. The average Bonchev–Trinajstić information content (AvgIpc) is 2.87. The van der Waals surface area contributed by atoms with Crippen molar-refractivity contribution in [3.8, 4) is 0 Å². The molecule has 118 valence electrons. The van der Waals surface area contributed by atoms with Crippen LogP contribution in [-0.2, 0) is 15.6 Å². The van der Waals surface area contributed by atoms with Gasteiger partial charge in [0.15, 0.2) is 0 Å². The van der Waals surface area contributed by atoms with Crippen molar-refractivity contribution in [2.24, 2.45) is 23.5 Å². The zero-order valence-electron chi connectivity index (χ0n) is 12.6. The molecule has 0 radical (unpaired) electrons. The molecule has 2 aliphatic carbocycles. The molecule has 5 atom stereocenters. The predicted molar refractivity (Wildman–Crippen MR) is 85.3 cm³/mol. The maximum absolute atomic E-state index is 12.2. The number of rotatable bonds is 4. The summed E-state index contributed by atoms with van der Waals surface area (Å²) in [7, 11) is -0.912. The molecular weight excluding hydrogens is 296 g/mol. The Labute approximate surface area is 130 Å². The second-order valence-corrected chi connectivity index (χ2v) is 9.21. The van der Waals surface area contributed by atoms with Crippen LogP contribution in [0.5, 0.6) is 0 Å². The molecule has 2 rings (SSSR count). The Balaban J connectivity index is 0.00000200. The molecule has 0 aromatic rings. The van der Waals surface area contributed by atoms with Crippen LogP contribution < -0.4 is 11.1 Å². The Kier molecular flexibility index (Phi) is 6.05. The number of nitrogens with one attached hydrogen (secondary N) is 1. The molecule has 0 aromatic carbocycles. The lowest BCUT2D eigenvalue weighted by Gasteiger charge is -2.27. The molecule has 2 saturated carbocycles. The highest BCUT2D eigenvalue weighted by Gasteiger charge is 2.48. The van der Waals surface area contributed by atoms with Crippen LogP contribution in [0, 0.1) is 17.8 Å². The number of halogens is 1. The van der Waals surface area contributed by atoms with Crippen molar-refractivity contribution in [2.75, 3.05) is 12.3 Å². The van der Waals surface area contributed by atoms with E-state index in [4.69, 9.17) is 5.73 Å². The summed E-state index contributed by atoms with van der Waals surface area (Å²) in [5.74, 6) is 1.61. The number of hydrogen-bond acceptors (Lipinski definition) is 3. The third-order valence-electron chi connectivity index (χ3n) is 4.55. The maximum Gasteiger partial charge on any atom is 0.224 e. The first-order valence-corrected chi connectivity index (χ1v) is 8.54. The van der Waals surface area contributed by atoms with E-state index in [-0.39, 0.29) is 35.0 Å². The summed E-state index contributed by atoms with van der Waals surface area (Å²) < 4.78 is 11.7. The van der Waals surface area contributed by atoms with Gasteiger partial charge in [0.1, 0.15) is 0 Å². The minimum absolute atomic E-state index is 0. The lowest BCUT2D eigenvalue weighted by molar-refractivity contribution is -0.126. The van der Waals surface area contributed by atoms with E-state index in [1.54, 1.807) is 0 Å². The number of carbonyl (C=O) groups excluding carboxylic acids is 1. The Morgan fingerprint density at radius 3 is 2.40 bits per heavy atom. The summed E-state index contributed by atoms with van der Waals surface area (Å²) >= 11 is 0. The Morgan fingerprint density at radius 2 is 1.90 bits per heavy atom. The lowest BCUT2D eigenvalue weighted by atomic mass is 9.84. The molecule has 1 amide bonds. The van der Waals surface area contributed by atoms with E-state index < -0.39 is 10.8 Å². The van der Waals surface area contributed by atoms with Crippen molar-refractivity contribution in [2.45, 2.75) is 50.8 Å². The summed E-state index contributed by atoms with van der Waals surface area (Å²) in [5, 5.41) is 2.93.